The van der Waals surface area contributed by atoms with E-state index in [2.05, 4.69) is 19.8 Å². The first-order chi connectivity index (χ1) is 12.2. The summed E-state index contributed by atoms with van der Waals surface area (Å²) in [5.74, 6) is 0.632. The number of anilines is 2. The fraction of sp³-hybridized carbons (Fsp3) is 0.167. The first-order valence-corrected chi connectivity index (χ1v) is 7.78. The van der Waals surface area contributed by atoms with E-state index in [1.807, 2.05) is 24.3 Å². The van der Waals surface area contributed by atoms with Crippen LogP contribution in [0, 0.1) is 13.5 Å². The van der Waals surface area contributed by atoms with E-state index >= 15 is 0 Å². The van der Waals surface area contributed by atoms with Crippen molar-refractivity contribution in [3.8, 4) is 0 Å². The number of hydrogen-bond donors (Lipinski definition) is 0. The normalized spacial score (nSPS) is 17.1. The molecule has 0 spiro atoms. The van der Waals surface area contributed by atoms with Gasteiger partial charge in [0.2, 0.25) is 0 Å². The molecule has 2 amide bonds. The van der Waals surface area contributed by atoms with Crippen molar-refractivity contribution < 1.29 is 4.79 Å². The first kappa shape index (κ1) is 15.0. The van der Waals surface area contributed by atoms with Gasteiger partial charge in [0, 0.05) is 17.0 Å². The molecule has 1 aliphatic heterocycles. The van der Waals surface area contributed by atoms with Crippen molar-refractivity contribution in [3.05, 3.63) is 66.3 Å². The van der Waals surface area contributed by atoms with E-state index in [9.17, 15) is 4.79 Å². The van der Waals surface area contributed by atoms with Crippen molar-refractivity contribution >= 4 is 28.2 Å². The van der Waals surface area contributed by atoms with E-state index in [1.165, 1.54) is 9.80 Å². The molecule has 0 bridgehead atoms. The molecule has 7 nitrogen and oxygen atoms in total. The van der Waals surface area contributed by atoms with Crippen LogP contribution in [-0.4, -0.2) is 33.7 Å². The summed E-state index contributed by atoms with van der Waals surface area (Å²) in [6.45, 7) is 9.56. The molecule has 2 aromatic heterocycles. The minimum Gasteiger partial charge on any atom is -0.287 e. The lowest BCUT2D eigenvalue weighted by Gasteiger charge is -2.18. The Kier molecular flexibility index (Phi) is 3.51. The van der Waals surface area contributed by atoms with Gasteiger partial charge in [-0.05, 0) is 6.92 Å². The lowest BCUT2D eigenvalue weighted by atomic mass is 10.1. The first-order valence-electron chi connectivity index (χ1n) is 7.78. The molecule has 1 aliphatic rings. The lowest BCUT2D eigenvalue weighted by Crippen LogP contribution is -2.34. The van der Waals surface area contributed by atoms with Gasteiger partial charge in [0.1, 0.15) is 12.4 Å². The SMILES string of the molecule is [C-]#[N+]C1CN(c2cnc(C)nc2)C(=O)N1c1cncc2ccccc12. The number of pyridine rings is 1. The van der Waals surface area contributed by atoms with E-state index in [1.54, 1.807) is 31.7 Å². The third-order valence-corrected chi connectivity index (χ3v) is 4.22. The number of urea groups is 1. The second-order valence-electron chi connectivity index (χ2n) is 5.74. The highest BCUT2D eigenvalue weighted by Gasteiger charge is 2.44. The molecular formula is C18H14N6O. The Labute approximate surface area is 144 Å². The maximum absolute atomic E-state index is 13.0. The number of nitrogens with zero attached hydrogens (tertiary/aromatic N) is 6. The molecule has 1 atom stereocenters. The molecule has 0 N–H and O–H groups in total. The van der Waals surface area contributed by atoms with Gasteiger partial charge in [-0.15, -0.1) is 0 Å². The number of aryl methyl sites for hydroxylation is 1. The summed E-state index contributed by atoms with van der Waals surface area (Å²) < 4.78 is 0. The van der Waals surface area contributed by atoms with E-state index in [-0.39, 0.29) is 12.6 Å². The van der Waals surface area contributed by atoms with E-state index in [4.69, 9.17) is 6.57 Å². The molecule has 3 aromatic rings. The van der Waals surface area contributed by atoms with Gasteiger partial charge >= 0.3 is 12.2 Å². The van der Waals surface area contributed by atoms with Crippen LogP contribution < -0.4 is 9.80 Å². The number of carbonyl (C=O) groups excluding carboxylic acids is 1. The number of rotatable bonds is 2. The average molecular weight is 330 g/mol. The van der Waals surface area contributed by atoms with Crippen LogP contribution in [-0.2, 0) is 0 Å². The van der Waals surface area contributed by atoms with Gasteiger partial charge in [0.15, 0.2) is 0 Å². The van der Waals surface area contributed by atoms with Gasteiger partial charge in [-0.2, -0.15) is 0 Å². The van der Waals surface area contributed by atoms with Crippen LogP contribution in [0.2, 0.25) is 0 Å². The van der Waals surface area contributed by atoms with Crippen molar-refractivity contribution in [2.24, 2.45) is 0 Å². The smallest absolute Gasteiger partial charge is 0.287 e. The fourth-order valence-electron chi connectivity index (χ4n) is 2.98. The molecule has 7 heteroatoms. The Balaban J connectivity index is 1.80. The average Bonchev–Trinajstić information content (AvgIpc) is 2.98. The van der Waals surface area contributed by atoms with Gasteiger partial charge in [-0.3, -0.25) is 14.7 Å². The molecule has 1 saturated heterocycles. The summed E-state index contributed by atoms with van der Waals surface area (Å²) in [4.78, 5) is 32.2. The molecule has 0 radical (unpaired) electrons. The number of fused-ring (bicyclic) bond motifs is 1. The van der Waals surface area contributed by atoms with Crippen molar-refractivity contribution in [1.29, 1.82) is 0 Å². The molecule has 1 fully saturated rings. The monoisotopic (exact) mass is 330 g/mol. The van der Waals surface area contributed by atoms with Crippen LogP contribution in [0.25, 0.3) is 15.6 Å². The van der Waals surface area contributed by atoms with E-state index < -0.39 is 6.17 Å². The third kappa shape index (κ3) is 2.44. The van der Waals surface area contributed by atoms with Gasteiger partial charge in [-0.25, -0.2) is 26.2 Å². The van der Waals surface area contributed by atoms with E-state index in [0.29, 0.717) is 17.2 Å². The fourth-order valence-corrected chi connectivity index (χ4v) is 2.98. The minimum absolute atomic E-state index is 0.262. The van der Waals surface area contributed by atoms with Gasteiger partial charge < -0.3 is 0 Å². The zero-order chi connectivity index (χ0) is 17.4. The molecule has 4 rings (SSSR count). The second-order valence-corrected chi connectivity index (χ2v) is 5.74. The van der Waals surface area contributed by atoms with Crippen LogP contribution in [0.1, 0.15) is 5.82 Å². The van der Waals surface area contributed by atoms with E-state index in [0.717, 1.165) is 10.8 Å². The number of benzene rings is 1. The zero-order valence-corrected chi connectivity index (χ0v) is 13.5. The Bertz CT molecular complexity index is 989. The Morgan fingerprint density at radius 2 is 1.92 bits per heavy atom. The van der Waals surface area contributed by atoms with Crippen molar-refractivity contribution in [2.45, 2.75) is 13.1 Å². The molecule has 0 saturated carbocycles. The van der Waals surface area contributed by atoms with Crippen molar-refractivity contribution in [1.82, 2.24) is 15.0 Å². The lowest BCUT2D eigenvalue weighted by molar-refractivity contribution is 0.255. The predicted octanol–water partition coefficient (Wildman–Crippen LogP) is 3.03. The summed E-state index contributed by atoms with van der Waals surface area (Å²) in [5.41, 5.74) is 1.22. The maximum Gasteiger partial charge on any atom is 0.335 e. The molecule has 0 aliphatic carbocycles. The van der Waals surface area contributed by atoms with Crippen LogP contribution in [0.3, 0.4) is 0 Å². The highest BCUT2D eigenvalue weighted by Crippen LogP contribution is 2.33. The van der Waals surface area contributed by atoms with Gasteiger partial charge in [-0.1, -0.05) is 24.3 Å². The number of amides is 2. The molecular weight excluding hydrogens is 316 g/mol. The summed E-state index contributed by atoms with van der Waals surface area (Å²) in [6.07, 6.45) is 5.96. The quantitative estimate of drug-likeness (QED) is 0.678. The highest BCUT2D eigenvalue weighted by atomic mass is 16.2. The topological polar surface area (TPSA) is 66.6 Å². The molecule has 1 aromatic carbocycles. The standard InChI is InChI=1S/C18H14N6O/c1-12-21-8-14(9-22-12)23-11-17(19-2)24(18(23)25)16-10-20-7-13-5-3-4-6-15(13)16/h3-10,17H,11H2,1H3. The summed E-state index contributed by atoms with van der Waals surface area (Å²) >= 11 is 0. The number of carbonyl (C=O) groups is 1. The molecule has 122 valence electrons. The summed E-state index contributed by atoms with van der Waals surface area (Å²) in [6, 6.07) is 7.42. The third-order valence-electron chi connectivity index (χ3n) is 4.22. The van der Waals surface area contributed by atoms with Crippen molar-refractivity contribution in [3.63, 3.8) is 0 Å². The minimum atomic E-state index is -0.624. The van der Waals surface area contributed by atoms with Crippen LogP contribution in [0.5, 0.6) is 0 Å². The summed E-state index contributed by atoms with van der Waals surface area (Å²) in [7, 11) is 0. The van der Waals surface area contributed by atoms with Crippen LogP contribution in [0.15, 0.2) is 49.1 Å². The van der Waals surface area contributed by atoms with Crippen molar-refractivity contribution in [2.75, 3.05) is 16.3 Å². The van der Waals surface area contributed by atoms with Crippen LogP contribution in [0.4, 0.5) is 16.2 Å². The molecule has 25 heavy (non-hydrogen) atoms. The highest BCUT2D eigenvalue weighted by molar-refractivity contribution is 6.11. The molecule has 1 unspecified atom stereocenters. The van der Waals surface area contributed by atoms with Crippen LogP contribution >= 0.6 is 0 Å². The zero-order valence-electron chi connectivity index (χ0n) is 13.5. The molecule has 3 heterocycles. The van der Waals surface area contributed by atoms with Gasteiger partial charge in [0.05, 0.1) is 30.0 Å². The van der Waals surface area contributed by atoms with Gasteiger partial charge in [0.25, 0.3) is 0 Å². The summed E-state index contributed by atoms with van der Waals surface area (Å²) in [5, 5.41) is 1.81. The predicted molar refractivity (Wildman–Crippen MR) is 94.1 cm³/mol. The second kappa shape index (κ2) is 5.83. The number of hydrogen-bond acceptors (Lipinski definition) is 4. The maximum atomic E-state index is 13.0. The number of aromatic nitrogens is 3. The largest absolute Gasteiger partial charge is 0.335 e. The Morgan fingerprint density at radius 3 is 2.68 bits per heavy atom. The Morgan fingerprint density at radius 1 is 1.16 bits per heavy atom. The Hall–Kier alpha value is -3.53.